The molecule has 2 rings (SSSR count). The highest BCUT2D eigenvalue weighted by Crippen LogP contribution is 2.16. The molecule has 0 aliphatic carbocycles. The van der Waals surface area contributed by atoms with Gasteiger partial charge in [-0.25, -0.2) is 0 Å². The minimum atomic E-state index is 0. The lowest BCUT2D eigenvalue weighted by Crippen LogP contribution is -1.96. The van der Waals surface area contributed by atoms with Crippen LogP contribution in [0.3, 0.4) is 0 Å². The molecule has 0 unspecified atom stereocenters. The van der Waals surface area contributed by atoms with Crippen LogP contribution in [0.15, 0.2) is 59.5 Å². The molecule has 0 bridgehead atoms. The van der Waals surface area contributed by atoms with E-state index in [1.165, 1.54) is 24.2 Å². The summed E-state index contributed by atoms with van der Waals surface area (Å²) in [4.78, 5) is 1.17. The highest BCUT2D eigenvalue weighted by molar-refractivity contribution is 8.03. The third kappa shape index (κ3) is 13.6. The maximum atomic E-state index is 5.73. The summed E-state index contributed by atoms with van der Waals surface area (Å²) in [5.41, 5.74) is 1.02. The number of thioether (sulfide) groups is 1. The van der Waals surface area contributed by atoms with Gasteiger partial charge in [-0.3, -0.25) is 23.5 Å². The van der Waals surface area contributed by atoms with Gasteiger partial charge in [0.1, 0.15) is 5.75 Å². The van der Waals surface area contributed by atoms with E-state index in [-0.39, 0.29) is 23.5 Å². The third-order valence-corrected chi connectivity index (χ3v) is 3.94. The Morgan fingerprint density at radius 2 is 1.41 bits per heavy atom. The van der Waals surface area contributed by atoms with Gasteiger partial charge in [-0.1, -0.05) is 50.3 Å². The van der Waals surface area contributed by atoms with Gasteiger partial charge in [0.15, 0.2) is 0 Å². The van der Waals surface area contributed by atoms with Crippen LogP contribution in [0.2, 0.25) is 0 Å². The Kier molecular flexibility index (Phi) is 24.2. The predicted molar refractivity (Wildman–Crippen MR) is 108 cm³/mol. The van der Waals surface area contributed by atoms with Crippen LogP contribution < -0.4 is 4.74 Å². The Hall–Kier alpha value is -2.20. The molecule has 7 heteroatoms. The molecule has 0 fully saturated rings. The summed E-state index contributed by atoms with van der Waals surface area (Å²) in [7, 11) is 0. The van der Waals surface area contributed by atoms with Gasteiger partial charge in [0.25, 0.3) is 0 Å². The van der Waals surface area contributed by atoms with Gasteiger partial charge < -0.3 is 4.74 Å². The molecule has 27 heavy (non-hydrogen) atoms. The van der Waals surface area contributed by atoms with E-state index in [0.717, 1.165) is 24.3 Å². The molecule has 0 atom stereocenters. The monoisotopic (exact) mass is 410 g/mol. The summed E-state index contributed by atoms with van der Waals surface area (Å²) < 4.78 is 5.73. The molecule has 0 saturated carbocycles. The van der Waals surface area contributed by atoms with Gasteiger partial charge in [0.2, 0.25) is 0 Å². The molecule has 0 aromatic heterocycles. The summed E-state index contributed by atoms with van der Waals surface area (Å²) >= 11 is 1.55. The fraction of sp³-hybridized carbons (Fsp3) is 0.300. The lowest BCUT2D eigenvalue weighted by molar-refractivity contribution is 0.305. The van der Waals surface area contributed by atoms with Crippen molar-refractivity contribution in [3.05, 3.63) is 60.2 Å². The number of benzene rings is 2. The Bertz CT molecular complexity index is 612. The van der Waals surface area contributed by atoms with Crippen LogP contribution in [0.4, 0.5) is 23.5 Å². The second-order valence-electron chi connectivity index (χ2n) is 5.08. The average molecular weight is 410 g/mol. The zero-order valence-corrected chi connectivity index (χ0v) is 15.9. The average Bonchev–Trinajstić information content (AvgIpc) is 2.57. The predicted octanol–water partition coefficient (Wildman–Crippen LogP) is 6.51. The van der Waals surface area contributed by atoms with E-state index in [1.807, 2.05) is 42.5 Å². The van der Waals surface area contributed by atoms with Gasteiger partial charge in [0, 0.05) is 10.5 Å². The topological polar surface area (TPSA) is 9.23 Å². The maximum absolute atomic E-state index is 5.73. The lowest BCUT2D eigenvalue weighted by atomic mass is 10.2. The zero-order chi connectivity index (χ0) is 15.5. The van der Waals surface area contributed by atoms with Crippen LogP contribution in [-0.4, -0.2) is 6.61 Å². The van der Waals surface area contributed by atoms with Crippen LogP contribution in [0.25, 0.3) is 0 Å². The first kappa shape index (κ1) is 32.5. The van der Waals surface area contributed by atoms with Crippen molar-refractivity contribution in [2.24, 2.45) is 0 Å². The van der Waals surface area contributed by atoms with Crippen LogP contribution in [0, 0.1) is 11.2 Å². The molecular formula is C20H27F5OS. The standard InChI is InChI=1S/C20H22OS.5FH/c1-2-3-4-8-16-21-19-13-11-18(12-14-19)15-17-22-20-9-6-5-7-10-20;;;;;/h5-7,9-14H,2-4,8,16H2,1H3;5*1H. The Morgan fingerprint density at radius 3 is 2.00 bits per heavy atom. The fourth-order valence-electron chi connectivity index (χ4n) is 1.99. The Morgan fingerprint density at radius 1 is 0.778 bits per heavy atom. The first-order chi connectivity index (χ1) is 10.9. The Balaban J connectivity index is -0.000000529. The van der Waals surface area contributed by atoms with Gasteiger partial charge in [-0.2, -0.15) is 0 Å². The van der Waals surface area contributed by atoms with E-state index < -0.39 is 0 Å². The van der Waals surface area contributed by atoms with Crippen LogP contribution in [0.5, 0.6) is 5.75 Å². The van der Waals surface area contributed by atoms with Crippen LogP contribution >= 0.6 is 11.8 Å². The summed E-state index contributed by atoms with van der Waals surface area (Å²) in [6, 6.07) is 18.2. The highest BCUT2D eigenvalue weighted by atomic mass is 32.2. The highest BCUT2D eigenvalue weighted by Gasteiger charge is 1.94. The summed E-state index contributed by atoms with van der Waals surface area (Å²) in [6.45, 7) is 3.02. The minimum absolute atomic E-state index is 0. The van der Waals surface area contributed by atoms with E-state index >= 15 is 0 Å². The third-order valence-electron chi connectivity index (χ3n) is 3.23. The zero-order valence-electron chi connectivity index (χ0n) is 15.1. The quantitative estimate of drug-likeness (QED) is 0.223. The second kappa shape index (κ2) is 20.1. The van der Waals surface area contributed by atoms with E-state index in [2.05, 4.69) is 30.2 Å². The number of hydrogen-bond donors (Lipinski definition) is 0. The van der Waals surface area contributed by atoms with E-state index in [1.54, 1.807) is 11.8 Å². The van der Waals surface area contributed by atoms with Crippen molar-refractivity contribution < 1.29 is 28.3 Å². The molecule has 0 saturated heterocycles. The van der Waals surface area contributed by atoms with Crippen molar-refractivity contribution in [2.45, 2.75) is 37.5 Å². The van der Waals surface area contributed by atoms with E-state index in [9.17, 15) is 0 Å². The van der Waals surface area contributed by atoms with Gasteiger partial charge in [-0.05, 0) is 59.8 Å². The number of ether oxygens (including phenoxy) is 1. The van der Waals surface area contributed by atoms with Crippen molar-refractivity contribution in [1.82, 2.24) is 0 Å². The first-order valence-electron chi connectivity index (χ1n) is 7.84. The molecule has 0 amide bonds. The second-order valence-corrected chi connectivity index (χ2v) is 5.96. The smallest absolute Gasteiger partial charge is 0.119 e. The molecule has 0 aliphatic heterocycles. The molecule has 0 spiro atoms. The van der Waals surface area contributed by atoms with Crippen LogP contribution in [0.1, 0.15) is 38.2 Å². The van der Waals surface area contributed by atoms with Gasteiger partial charge >= 0.3 is 0 Å². The molecule has 2 aromatic rings. The number of halogens is 5. The molecular weight excluding hydrogens is 383 g/mol. The molecule has 0 aliphatic rings. The SMILES string of the molecule is CCCCCCOc1ccc(C#CSc2ccccc2)cc1.F.F.F.F.F. The van der Waals surface area contributed by atoms with Crippen molar-refractivity contribution in [3.8, 4) is 16.9 Å². The molecule has 0 N–H and O–H groups in total. The van der Waals surface area contributed by atoms with E-state index in [4.69, 9.17) is 4.74 Å². The maximum Gasteiger partial charge on any atom is 0.119 e. The summed E-state index contributed by atoms with van der Waals surface area (Å²) in [5, 5.41) is 3.13. The summed E-state index contributed by atoms with van der Waals surface area (Å²) in [6.07, 6.45) is 4.92. The largest absolute Gasteiger partial charge is 0.494 e. The normalized spacial score (nSPS) is 8.04. The fourth-order valence-corrected chi connectivity index (χ4v) is 2.57. The molecule has 1 nitrogen and oxygen atoms in total. The molecule has 0 radical (unpaired) electrons. The molecule has 2 aromatic carbocycles. The van der Waals surface area contributed by atoms with Crippen molar-refractivity contribution in [3.63, 3.8) is 0 Å². The van der Waals surface area contributed by atoms with Crippen molar-refractivity contribution in [2.75, 3.05) is 6.61 Å². The summed E-state index contributed by atoms with van der Waals surface area (Å²) in [5.74, 6) is 4.09. The first-order valence-corrected chi connectivity index (χ1v) is 8.66. The van der Waals surface area contributed by atoms with E-state index in [0.29, 0.717) is 0 Å². The Labute approximate surface area is 161 Å². The molecule has 154 valence electrons. The molecule has 0 heterocycles. The minimum Gasteiger partial charge on any atom is -0.494 e. The van der Waals surface area contributed by atoms with Crippen LogP contribution in [-0.2, 0) is 0 Å². The lowest BCUT2D eigenvalue weighted by Gasteiger charge is -2.05. The van der Waals surface area contributed by atoms with Gasteiger partial charge in [0.05, 0.1) is 6.61 Å². The number of hydrogen-bond acceptors (Lipinski definition) is 2. The van der Waals surface area contributed by atoms with Gasteiger partial charge in [-0.15, -0.1) is 0 Å². The van der Waals surface area contributed by atoms with Crippen molar-refractivity contribution >= 4 is 11.8 Å². The number of rotatable bonds is 7. The van der Waals surface area contributed by atoms with Crippen molar-refractivity contribution in [1.29, 1.82) is 0 Å². The number of unbranched alkanes of at least 4 members (excludes halogenated alkanes) is 3.